The number of para-hydroxylation sites is 1. The van der Waals surface area contributed by atoms with Gasteiger partial charge in [0.2, 0.25) is 5.82 Å². The van der Waals surface area contributed by atoms with Crippen LogP contribution in [0.5, 0.6) is 0 Å². The highest BCUT2D eigenvalue weighted by atomic mass is 19.1. The number of carbonyl (C=O) groups is 3. The lowest BCUT2D eigenvalue weighted by atomic mass is 10.0. The maximum Gasteiger partial charge on any atom is 0.412 e. The Balaban J connectivity index is 1.18. The number of carboxylic acids is 1. The minimum absolute atomic E-state index is 0.00960. The molecular formula is C34H34FN7O6. The number of urea groups is 1. The van der Waals surface area contributed by atoms with Crippen molar-refractivity contribution in [2.75, 3.05) is 36.4 Å². The summed E-state index contributed by atoms with van der Waals surface area (Å²) in [6.07, 6.45) is -0.755. The van der Waals surface area contributed by atoms with Crippen molar-refractivity contribution in [3.05, 3.63) is 83.7 Å². The van der Waals surface area contributed by atoms with E-state index in [0.29, 0.717) is 48.6 Å². The van der Waals surface area contributed by atoms with Gasteiger partial charge in [-0.25, -0.2) is 18.8 Å². The Morgan fingerprint density at radius 1 is 1.06 bits per heavy atom. The van der Waals surface area contributed by atoms with Crippen LogP contribution in [0.1, 0.15) is 31.9 Å². The second-order valence-corrected chi connectivity index (χ2v) is 12.1. The summed E-state index contributed by atoms with van der Waals surface area (Å²) in [5.74, 6) is -1.84. The van der Waals surface area contributed by atoms with E-state index in [-0.39, 0.29) is 23.7 Å². The molecule has 1 aliphatic heterocycles. The minimum atomic E-state index is -1.30. The molecule has 13 nitrogen and oxygen atoms in total. The van der Waals surface area contributed by atoms with Gasteiger partial charge in [0.05, 0.1) is 16.8 Å². The zero-order valence-electron chi connectivity index (χ0n) is 26.6. The van der Waals surface area contributed by atoms with Crippen molar-refractivity contribution in [1.29, 1.82) is 5.26 Å². The number of hydrogen-bond acceptors (Lipinski definition) is 9. The molecule has 2 heterocycles. The Bertz CT molecular complexity index is 1840. The lowest BCUT2D eigenvalue weighted by Gasteiger charge is -2.36. The summed E-state index contributed by atoms with van der Waals surface area (Å²) < 4.78 is 25.8. The molecule has 0 radical (unpaired) electrons. The molecule has 3 aromatic carbocycles. The van der Waals surface area contributed by atoms with Gasteiger partial charge in [0.1, 0.15) is 23.5 Å². The standard InChI is InChI=1S/C34H34FN7O6/c1-34(2,3)47-33(46)37-24-11-9-22(10-12-24)30-39-29(40-48-30)25-13-8-21(18-26(25)35)19-27(31(43)44)38-32(45)42-16-14-41(15-17-42)28-7-5-4-6-23(28)20-36/h4-13,18,27H,14-17,19H2,1-3H3,(H,37,46)(H,38,45)(H,43,44). The molecule has 0 bridgehead atoms. The number of nitrogens with zero attached hydrogens (tertiary/aromatic N) is 5. The van der Waals surface area contributed by atoms with E-state index in [0.717, 1.165) is 5.69 Å². The van der Waals surface area contributed by atoms with Crippen LogP contribution < -0.4 is 15.5 Å². The fourth-order valence-electron chi connectivity index (χ4n) is 5.11. The quantitative estimate of drug-likeness (QED) is 0.226. The first-order valence-corrected chi connectivity index (χ1v) is 15.2. The van der Waals surface area contributed by atoms with E-state index >= 15 is 4.39 Å². The van der Waals surface area contributed by atoms with Crippen molar-refractivity contribution in [2.45, 2.75) is 38.8 Å². The molecule has 5 rings (SSSR count). The van der Waals surface area contributed by atoms with Crippen molar-refractivity contribution in [3.63, 3.8) is 0 Å². The summed E-state index contributed by atoms with van der Waals surface area (Å²) in [4.78, 5) is 44.8. The molecule has 3 N–H and O–H groups in total. The summed E-state index contributed by atoms with van der Waals surface area (Å²) in [7, 11) is 0. The predicted octanol–water partition coefficient (Wildman–Crippen LogP) is 5.29. The van der Waals surface area contributed by atoms with Crippen molar-refractivity contribution in [3.8, 4) is 28.9 Å². The van der Waals surface area contributed by atoms with Gasteiger partial charge in [-0.2, -0.15) is 10.2 Å². The summed E-state index contributed by atoms with van der Waals surface area (Å²) in [6, 6.07) is 18.2. The number of carboxylic acid groups (broad SMARTS) is 1. The van der Waals surface area contributed by atoms with Crippen LogP contribution in [0.25, 0.3) is 22.8 Å². The highest BCUT2D eigenvalue weighted by molar-refractivity contribution is 5.85. The molecule has 0 spiro atoms. The van der Waals surface area contributed by atoms with E-state index in [1.54, 1.807) is 63.2 Å². The van der Waals surface area contributed by atoms with E-state index < -0.39 is 35.6 Å². The molecule has 1 saturated heterocycles. The van der Waals surface area contributed by atoms with E-state index in [9.17, 15) is 24.8 Å². The van der Waals surface area contributed by atoms with Crippen molar-refractivity contribution < 1.29 is 33.1 Å². The molecular weight excluding hydrogens is 621 g/mol. The maximum absolute atomic E-state index is 15.2. The summed E-state index contributed by atoms with van der Waals surface area (Å²) in [6.45, 7) is 6.91. The molecule has 4 aromatic rings. The molecule has 248 valence electrons. The van der Waals surface area contributed by atoms with Gasteiger partial charge in [-0.1, -0.05) is 23.4 Å². The second kappa shape index (κ2) is 14.2. The molecule has 1 fully saturated rings. The summed E-state index contributed by atoms with van der Waals surface area (Å²) in [5.41, 5.74) is 2.11. The van der Waals surface area contributed by atoms with Crippen LogP contribution in [0, 0.1) is 17.1 Å². The van der Waals surface area contributed by atoms with Gasteiger partial charge < -0.3 is 29.5 Å². The second-order valence-electron chi connectivity index (χ2n) is 12.1. The number of rotatable bonds is 8. The number of halogens is 1. The normalized spacial score (nSPS) is 13.7. The Kier molecular flexibility index (Phi) is 9.88. The molecule has 1 aromatic heterocycles. The van der Waals surface area contributed by atoms with Gasteiger partial charge in [0.25, 0.3) is 5.89 Å². The van der Waals surface area contributed by atoms with Crippen LogP contribution in [0.3, 0.4) is 0 Å². The van der Waals surface area contributed by atoms with Crippen LogP contribution >= 0.6 is 0 Å². The number of aliphatic carboxylic acids is 1. The largest absolute Gasteiger partial charge is 0.480 e. The molecule has 14 heteroatoms. The van der Waals surface area contributed by atoms with Crippen LogP contribution in [-0.2, 0) is 16.0 Å². The number of nitriles is 1. The van der Waals surface area contributed by atoms with Gasteiger partial charge in [0.15, 0.2) is 0 Å². The molecule has 1 aliphatic rings. The van der Waals surface area contributed by atoms with Crippen molar-refractivity contribution in [1.82, 2.24) is 20.4 Å². The molecule has 1 unspecified atom stereocenters. The summed E-state index contributed by atoms with van der Waals surface area (Å²) in [5, 5.41) is 28.3. The van der Waals surface area contributed by atoms with Gasteiger partial charge in [-0.3, -0.25) is 5.32 Å². The number of amides is 3. The number of anilines is 2. The number of hydrogen-bond donors (Lipinski definition) is 3. The van der Waals surface area contributed by atoms with Crippen LogP contribution in [-0.4, -0.2) is 76.1 Å². The Morgan fingerprint density at radius 2 is 1.77 bits per heavy atom. The van der Waals surface area contributed by atoms with Gasteiger partial charge in [-0.15, -0.1) is 0 Å². The van der Waals surface area contributed by atoms with Gasteiger partial charge in [-0.05, 0) is 74.9 Å². The average molecular weight is 656 g/mol. The SMILES string of the molecule is CC(C)(C)OC(=O)Nc1ccc(-c2nc(-c3ccc(CC(NC(=O)N4CCN(c5ccccc5C#N)CC4)C(=O)O)cc3F)no2)cc1. The number of carbonyl (C=O) groups excluding carboxylic acids is 2. The Labute approximate surface area is 275 Å². The average Bonchev–Trinajstić information content (AvgIpc) is 3.54. The van der Waals surface area contributed by atoms with E-state index in [1.807, 2.05) is 17.0 Å². The van der Waals surface area contributed by atoms with Crippen molar-refractivity contribution >= 4 is 29.5 Å². The maximum atomic E-state index is 15.2. The van der Waals surface area contributed by atoms with Crippen LogP contribution in [0.2, 0.25) is 0 Å². The third-order valence-electron chi connectivity index (χ3n) is 7.45. The van der Waals surface area contributed by atoms with Gasteiger partial charge >= 0.3 is 18.1 Å². The number of benzene rings is 3. The minimum Gasteiger partial charge on any atom is -0.480 e. The predicted molar refractivity (Wildman–Crippen MR) is 174 cm³/mol. The Morgan fingerprint density at radius 3 is 2.42 bits per heavy atom. The molecule has 48 heavy (non-hydrogen) atoms. The monoisotopic (exact) mass is 655 g/mol. The van der Waals surface area contributed by atoms with Gasteiger partial charge in [0, 0.05) is 43.9 Å². The van der Waals surface area contributed by atoms with E-state index in [2.05, 4.69) is 26.8 Å². The number of aromatic nitrogens is 2. The van der Waals surface area contributed by atoms with E-state index in [4.69, 9.17) is 9.26 Å². The smallest absolute Gasteiger partial charge is 0.412 e. The first kappa shape index (κ1) is 33.4. The molecule has 0 saturated carbocycles. The first-order valence-electron chi connectivity index (χ1n) is 15.2. The topological polar surface area (TPSA) is 174 Å². The third kappa shape index (κ3) is 8.24. The zero-order chi connectivity index (χ0) is 34.4. The Hall–Kier alpha value is -5.97. The van der Waals surface area contributed by atoms with Crippen LogP contribution in [0.15, 0.2) is 71.3 Å². The van der Waals surface area contributed by atoms with E-state index in [1.165, 1.54) is 17.0 Å². The molecule has 0 aliphatic carbocycles. The molecule has 3 amide bonds. The fourth-order valence-corrected chi connectivity index (χ4v) is 5.11. The number of nitrogens with one attached hydrogen (secondary N) is 2. The highest BCUT2D eigenvalue weighted by Gasteiger charge is 2.27. The lowest BCUT2D eigenvalue weighted by Crippen LogP contribution is -2.55. The first-order chi connectivity index (χ1) is 22.9. The summed E-state index contributed by atoms with van der Waals surface area (Å²) >= 11 is 0. The lowest BCUT2D eigenvalue weighted by molar-refractivity contribution is -0.139. The fraction of sp³-hybridized carbons (Fsp3) is 0.294. The zero-order valence-corrected chi connectivity index (χ0v) is 26.6. The number of ether oxygens (including phenoxy) is 1. The third-order valence-corrected chi connectivity index (χ3v) is 7.45. The number of piperazine rings is 1. The van der Waals surface area contributed by atoms with Crippen LogP contribution in [0.4, 0.5) is 25.4 Å². The molecule has 1 atom stereocenters. The van der Waals surface area contributed by atoms with Crippen molar-refractivity contribution in [2.24, 2.45) is 0 Å². The highest BCUT2D eigenvalue weighted by Crippen LogP contribution is 2.27.